The van der Waals surface area contributed by atoms with E-state index in [2.05, 4.69) is 318 Å². The number of nitrogens with zero attached hydrogens (tertiary/aromatic N) is 1. The van der Waals surface area contributed by atoms with Gasteiger partial charge in [-0.25, -0.2) is 0 Å². The molecule has 2 heteroatoms. The van der Waals surface area contributed by atoms with Gasteiger partial charge in [0.25, 0.3) is 0 Å². The van der Waals surface area contributed by atoms with Crippen molar-refractivity contribution in [2.75, 3.05) is 4.90 Å². The van der Waals surface area contributed by atoms with Crippen molar-refractivity contribution in [1.29, 1.82) is 0 Å². The zero-order valence-corrected chi connectivity index (χ0v) is 47.1. The monoisotopic (exact) mass is 1050 g/mol. The van der Waals surface area contributed by atoms with Crippen molar-refractivity contribution in [3.63, 3.8) is 0 Å². The summed E-state index contributed by atoms with van der Waals surface area (Å²) in [5.41, 5.74) is 26.3. The molecule has 0 bridgehead atoms. The molecule has 1 heterocycles. The number of benzene rings is 12. The van der Waals surface area contributed by atoms with Gasteiger partial charge < -0.3 is 4.90 Å². The Morgan fingerprint density at radius 3 is 1.33 bits per heavy atom. The molecule has 0 aromatic heterocycles. The number of fused-ring (bicyclic) bond motifs is 12. The first-order valence-corrected chi connectivity index (χ1v) is 30.7. The number of anilines is 3. The molecule has 81 heavy (non-hydrogen) atoms. The van der Waals surface area contributed by atoms with Gasteiger partial charge in [0.05, 0.1) is 0 Å². The van der Waals surface area contributed by atoms with E-state index >= 15 is 0 Å². The maximum atomic E-state index is 2.61. The fraction of sp³-hybridized carbons (Fsp3) is 0.0886. The Morgan fingerprint density at radius 1 is 0.259 bits per heavy atom. The van der Waals surface area contributed by atoms with Crippen LogP contribution in [0, 0.1) is 0 Å². The molecule has 0 saturated heterocycles. The van der Waals surface area contributed by atoms with Gasteiger partial charge in [-0.1, -0.05) is 263 Å². The number of hydrogen-bond acceptors (Lipinski definition) is 1. The van der Waals surface area contributed by atoms with Crippen LogP contribution in [-0.4, -0.2) is 8.07 Å². The summed E-state index contributed by atoms with van der Waals surface area (Å²) in [4.78, 5) is 2.50. The third-order valence-corrected chi connectivity index (χ3v) is 24.4. The molecule has 0 fully saturated rings. The first-order valence-electron chi connectivity index (χ1n) is 28.7. The second-order valence-corrected chi connectivity index (χ2v) is 27.5. The van der Waals surface area contributed by atoms with Gasteiger partial charge in [0.2, 0.25) is 0 Å². The van der Waals surface area contributed by atoms with Gasteiger partial charge in [-0.15, -0.1) is 0 Å². The van der Waals surface area contributed by atoms with Crippen molar-refractivity contribution < 1.29 is 0 Å². The van der Waals surface area contributed by atoms with E-state index in [9.17, 15) is 0 Å². The molecule has 0 N–H and O–H groups in total. The summed E-state index contributed by atoms with van der Waals surface area (Å²) in [6.45, 7) is 9.66. The standard InChI is InChI=1S/C79H59NSi/c1-77(2)69-34-14-8-28-61(69)65-47-45-60(51-73(65)77)81(75-38-18-12-32-67(75)68-33-13-19-39-76(68)81)59-27-20-22-53(48-59)52-40-42-56(43-41-52)80(57-26-21-25-55(49-57)79(4)71-36-16-9-29-62(71)63-30-10-17-37-72(63)79)58-44-46-66-64-31-11-15-35-70(64)78(3,74(66)50-58)54-23-6-5-7-24-54/h5-51H,1-4H3. The third kappa shape index (κ3) is 6.60. The van der Waals surface area contributed by atoms with Crippen LogP contribution in [0.2, 0.25) is 0 Å². The quantitative estimate of drug-likeness (QED) is 0.137. The summed E-state index contributed by atoms with van der Waals surface area (Å²) in [6, 6.07) is 109. The van der Waals surface area contributed by atoms with E-state index in [1.165, 1.54) is 121 Å². The Kier molecular flexibility index (Phi) is 10.3. The lowest BCUT2D eigenvalue weighted by Crippen LogP contribution is -2.73. The smallest absolute Gasteiger partial charge is 0.180 e. The van der Waals surface area contributed by atoms with E-state index in [4.69, 9.17) is 0 Å². The summed E-state index contributed by atoms with van der Waals surface area (Å²) < 4.78 is 0. The van der Waals surface area contributed by atoms with Crippen molar-refractivity contribution in [3.05, 3.63) is 330 Å². The van der Waals surface area contributed by atoms with E-state index in [1.807, 2.05) is 0 Å². The molecule has 12 aromatic rings. The molecule has 16 rings (SSSR count). The van der Waals surface area contributed by atoms with E-state index < -0.39 is 8.07 Å². The molecule has 0 saturated carbocycles. The molecule has 4 aliphatic rings. The van der Waals surface area contributed by atoms with Gasteiger partial charge >= 0.3 is 0 Å². The van der Waals surface area contributed by atoms with Crippen molar-refractivity contribution in [2.24, 2.45) is 0 Å². The topological polar surface area (TPSA) is 3.24 Å². The predicted octanol–water partition coefficient (Wildman–Crippen LogP) is 17.2. The fourth-order valence-corrected chi connectivity index (χ4v) is 20.8. The van der Waals surface area contributed by atoms with Crippen LogP contribution in [0.25, 0.3) is 55.6 Å². The zero-order chi connectivity index (χ0) is 54.2. The van der Waals surface area contributed by atoms with E-state index in [-0.39, 0.29) is 16.2 Å². The highest BCUT2D eigenvalue weighted by molar-refractivity contribution is 7.22. The van der Waals surface area contributed by atoms with Gasteiger partial charge in [-0.05, 0) is 171 Å². The van der Waals surface area contributed by atoms with Crippen molar-refractivity contribution in [2.45, 2.75) is 43.9 Å². The van der Waals surface area contributed by atoms with Crippen LogP contribution in [0.5, 0.6) is 0 Å². The van der Waals surface area contributed by atoms with E-state index in [0.29, 0.717) is 0 Å². The van der Waals surface area contributed by atoms with Crippen LogP contribution >= 0.6 is 0 Å². The zero-order valence-electron chi connectivity index (χ0n) is 46.1. The van der Waals surface area contributed by atoms with Crippen molar-refractivity contribution in [3.8, 4) is 55.6 Å². The fourth-order valence-electron chi connectivity index (χ4n) is 15.6. The molecule has 1 nitrogen and oxygen atoms in total. The molecule has 0 spiro atoms. The first kappa shape index (κ1) is 47.6. The van der Waals surface area contributed by atoms with Gasteiger partial charge in [0.1, 0.15) is 0 Å². The number of rotatable bonds is 8. The van der Waals surface area contributed by atoms with Crippen LogP contribution in [0.15, 0.2) is 285 Å². The van der Waals surface area contributed by atoms with Gasteiger partial charge in [-0.3, -0.25) is 0 Å². The highest BCUT2D eigenvalue weighted by Crippen LogP contribution is 2.56. The maximum absolute atomic E-state index is 2.86. The minimum Gasteiger partial charge on any atom is -0.310 e. The third-order valence-electron chi connectivity index (χ3n) is 19.5. The molecule has 0 radical (unpaired) electrons. The SMILES string of the molecule is CC1(C)c2ccccc2-c2ccc([Si]3(c4cccc(-c5ccc(N(c6cccc(C7(C)c8ccccc8-c8ccccc87)c6)c6ccc7c(c6)C(C)(c6ccccc6)c6ccccc6-7)cc5)c4)c4ccccc4-c4ccccc43)cc21. The molecule has 1 aliphatic heterocycles. The lowest BCUT2D eigenvalue weighted by atomic mass is 9.74. The van der Waals surface area contributed by atoms with Crippen LogP contribution in [0.1, 0.15) is 72.2 Å². The lowest BCUT2D eigenvalue weighted by molar-refractivity contribution is 0.661. The normalized spacial score (nSPS) is 16.5. The van der Waals surface area contributed by atoms with Crippen molar-refractivity contribution in [1.82, 2.24) is 0 Å². The Morgan fingerprint density at radius 2 is 0.704 bits per heavy atom. The van der Waals surface area contributed by atoms with Crippen LogP contribution in [-0.2, 0) is 16.2 Å². The van der Waals surface area contributed by atoms with Crippen molar-refractivity contribution >= 4 is 45.9 Å². The molecule has 0 amide bonds. The lowest BCUT2D eigenvalue weighted by Gasteiger charge is -2.33. The minimum absolute atomic E-state index is 0.119. The molecular formula is C79H59NSi. The summed E-state index contributed by atoms with van der Waals surface area (Å²) in [6.07, 6.45) is 0. The maximum Gasteiger partial charge on any atom is 0.180 e. The second-order valence-electron chi connectivity index (χ2n) is 23.8. The summed E-state index contributed by atoms with van der Waals surface area (Å²) in [7, 11) is -2.86. The van der Waals surface area contributed by atoms with Gasteiger partial charge in [0.15, 0.2) is 8.07 Å². The Labute approximate surface area is 477 Å². The second kappa shape index (κ2) is 17.6. The van der Waals surface area contributed by atoms with Crippen LogP contribution < -0.4 is 25.6 Å². The first-order chi connectivity index (χ1) is 39.7. The highest BCUT2D eigenvalue weighted by atomic mass is 28.3. The Bertz CT molecular complexity index is 4450. The molecule has 1 atom stereocenters. The Balaban J connectivity index is 0.856. The molecule has 3 aliphatic carbocycles. The Hall–Kier alpha value is -9.34. The van der Waals surface area contributed by atoms with E-state index in [0.717, 1.165) is 17.1 Å². The van der Waals surface area contributed by atoms with Crippen LogP contribution in [0.3, 0.4) is 0 Å². The minimum atomic E-state index is -2.86. The molecule has 1 unspecified atom stereocenters. The molecular weight excluding hydrogens is 991 g/mol. The average Bonchev–Trinajstić information content (AvgIpc) is 3.36. The largest absolute Gasteiger partial charge is 0.310 e. The predicted molar refractivity (Wildman–Crippen MR) is 342 cm³/mol. The molecule has 384 valence electrons. The van der Waals surface area contributed by atoms with Crippen LogP contribution in [0.4, 0.5) is 17.1 Å². The molecule has 12 aromatic carbocycles. The summed E-state index contributed by atoms with van der Waals surface area (Å²) in [5, 5.41) is 5.76. The average molecular weight is 1050 g/mol. The summed E-state index contributed by atoms with van der Waals surface area (Å²) >= 11 is 0. The highest BCUT2D eigenvalue weighted by Gasteiger charge is 2.50. The van der Waals surface area contributed by atoms with Gasteiger partial charge in [-0.2, -0.15) is 0 Å². The number of hydrogen-bond donors (Lipinski definition) is 0. The van der Waals surface area contributed by atoms with Gasteiger partial charge in [0, 0.05) is 33.3 Å². The summed E-state index contributed by atoms with van der Waals surface area (Å²) in [5.74, 6) is 0. The van der Waals surface area contributed by atoms with E-state index in [1.54, 1.807) is 0 Å².